The Morgan fingerprint density at radius 1 is 1.00 bits per heavy atom. The van der Waals surface area contributed by atoms with E-state index in [1.165, 1.54) is 7.11 Å². The van der Waals surface area contributed by atoms with Crippen LogP contribution in [-0.2, 0) is 14.2 Å². The van der Waals surface area contributed by atoms with E-state index in [4.69, 9.17) is 4.74 Å². The number of nitrogens with one attached hydrogen (secondary N) is 1. The molecule has 0 spiro atoms. The predicted octanol–water partition coefficient (Wildman–Crippen LogP) is 1.07. The summed E-state index contributed by atoms with van der Waals surface area (Å²) < 4.78 is 14.0. The van der Waals surface area contributed by atoms with Gasteiger partial charge in [-0.15, -0.1) is 0 Å². The van der Waals surface area contributed by atoms with Crippen molar-refractivity contribution in [3.63, 3.8) is 0 Å². The first-order valence-electron chi connectivity index (χ1n) is 5.54. The zero-order chi connectivity index (χ0) is 14.6. The van der Waals surface area contributed by atoms with E-state index in [0.29, 0.717) is 5.69 Å². The molecule has 1 rings (SSSR count). The second kappa shape index (κ2) is 6.03. The van der Waals surface area contributed by atoms with Crippen LogP contribution in [0.25, 0.3) is 0 Å². The van der Waals surface area contributed by atoms with Crippen LogP contribution in [0.15, 0.2) is 0 Å². The number of esters is 3. The van der Waals surface area contributed by atoms with Crippen LogP contribution in [0.5, 0.6) is 0 Å². The minimum Gasteiger partial charge on any atom is -0.465 e. The number of hydrogen-bond acceptors (Lipinski definition) is 6. The van der Waals surface area contributed by atoms with Crippen LogP contribution in [0.2, 0.25) is 0 Å². The maximum atomic E-state index is 11.8. The molecule has 0 amide bonds. The van der Waals surface area contributed by atoms with Crippen molar-refractivity contribution in [2.45, 2.75) is 13.8 Å². The molecule has 0 saturated carbocycles. The van der Waals surface area contributed by atoms with E-state index in [-0.39, 0.29) is 23.4 Å². The Morgan fingerprint density at radius 2 is 1.58 bits per heavy atom. The quantitative estimate of drug-likeness (QED) is 0.649. The highest BCUT2D eigenvalue weighted by atomic mass is 16.5. The first kappa shape index (κ1) is 14.7. The lowest BCUT2D eigenvalue weighted by molar-refractivity contribution is 0.0501. The highest BCUT2D eigenvalue weighted by Crippen LogP contribution is 2.21. The maximum Gasteiger partial charge on any atom is 0.355 e. The molecule has 1 aromatic heterocycles. The second-order valence-electron chi connectivity index (χ2n) is 3.58. The van der Waals surface area contributed by atoms with Gasteiger partial charge >= 0.3 is 17.9 Å². The van der Waals surface area contributed by atoms with Gasteiger partial charge in [-0.1, -0.05) is 0 Å². The van der Waals surface area contributed by atoms with E-state index in [2.05, 4.69) is 14.5 Å². The number of carbonyl (C=O) groups is 3. The lowest BCUT2D eigenvalue weighted by Gasteiger charge is -2.05. The highest BCUT2D eigenvalue weighted by molar-refractivity contribution is 6.10. The van der Waals surface area contributed by atoms with Gasteiger partial charge in [-0.25, -0.2) is 14.4 Å². The normalized spacial score (nSPS) is 9.89. The standard InChI is InChI=1S/C12H15NO6/c1-5-19-11(15)7-6(2)13-9(12(16)18-4)8(7)10(14)17-3/h13H,5H2,1-4H3. The van der Waals surface area contributed by atoms with Crippen LogP contribution in [0, 0.1) is 6.92 Å². The molecular formula is C12H15NO6. The Bertz CT molecular complexity index is 517. The van der Waals surface area contributed by atoms with Crippen molar-refractivity contribution >= 4 is 17.9 Å². The summed E-state index contributed by atoms with van der Waals surface area (Å²) in [5.41, 5.74) is 0.00792. The van der Waals surface area contributed by atoms with Crippen molar-refractivity contribution in [2.24, 2.45) is 0 Å². The van der Waals surface area contributed by atoms with Crippen LogP contribution < -0.4 is 0 Å². The fourth-order valence-electron chi connectivity index (χ4n) is 1.64. The Hall–Kier alpha value is -2.31. The van der Waals surface area contributed by atoms with Gasteiger partial charge in [0.05, 0.1) is 26.4 Å². The third-order valence-corrected chi connectivity index (χ3v) is 2.45. The Morgan fingerprint density at radius 3 is 2.05 bits per heavy atom. The van der Waals surface area contributed by atoms with E-state index >= 15 is 0 Å². The van der Waals surface area contributed by atoms with E-state index in [9.17, 15) is 14.4 Å². The number of ether oxygens (including phenoxy) is 3. The van der Waals surface area contributed by atoms with Gasteiger partial charge < -0.3 is 19.2 Å². The van der Waals surface area contributed by atoms with Crippen molar-refractivity contribution in [3.8, 4) is 0 Å². The second-order valence-corrected chi connectivity index (χ2v) is 3.58. The number of carbonyl (C=O) groups excluding carboxylic acids is 3. The van der Waals surface area contributed by atoms with E-state index in [1.54, 1.807) is 13.8 Å². The fourth-order valence-corrected chi connectivity index (χ4v) is 1.64. The van der Waals surface area contributed by atoms with Gasteiger partial charge in [-0.3, -0.25) is 0 Å². The Kier molecular flexibility index (Phi) is 4.68. The SMILES string of the molecule is CCOC(=O)c1c(C)[nH]c(C(=O)OC)c1C(=O)OC. The van der Waals surface area contributed by atoms with Gasteiger partial charge in [-0.2, -0.15) is 0 Å². The lowest BCUT2D eigenvalue weighted by atomic mass is 10.1. The minimum absolute atomic E-state index is 0.0194. The smallest absolute Gasteiger partial charge is 0.355 e. The summed E-state index contributed by atoms with van der Waals surface area (Å²) >= 11 is 0. The van der Waals surface area contributed by atoms with Crippen LogP contribution >= 0.6 is 0 Å². The zero-order valence-electron chi connectivity index (χ0n) is 11.2. The summed E-state index contributed by atoms with van der Waals surface area (Å²) in [4.78, 5) is 37.8. The van der Waals surface area contributed by atoms with Crippen molar-refractivity contribution in [3.05, 3.63) is 22.5 Å². The topological polar surface area (TPSA) is 94.7 Å². The first-order valence-corrected chi connectivity index (χ1v) is 5.54. The van der Waals surface area contributed by atoms with E-state index in [1.807, 2.05) is 0 Å². The van der Waals surface area contributed by atoms with Gasteiger partial charge in [0, 0.05) is 5.69 Å². The molecule has 0 aromatic carbocycles. The van der Waals surface area contributed by atoms with Gasteiger partial charge in [0.2, 0.25) is 0 Å². The molecule has 0 aliphatic carbocycles. The Balaban J connectivity index is 3.45. The maximum absolute atomic E-state index is 11.8. The van der Waals surface area contributed by atoms with Gasteiger partial charge in [0.25, 0.3) is 0 Å². The number of aromatic nitrogens is 1. The van der Waals surface area contributed by atoms with Crippen LogP contribution in [0.3, 0.4) is 0 Å². The van der Waals surface area contributed by atoms with Crippen LogP contribution in [-0.4, -0.2) is 43.7 Å². The molecule has 0 unspecified atom stereocenters. The minimum atomic E-state index is -0.812. The zero-order valence-corrected chi connectivity index (χ0v) is 11.2. The molecule has 0 atom stereocenters. The average Bonchev–Trinajstić information content (AvgIpc) is 2.74. The molecular weight excluding hydrogens is 254 g/mol. The number of H-pyrrole nitrogens is 1. The van der Waals surface area contributed by atoms with Crippen molar-refractivity contribution in [2.75, 3.05) is 20.8 Å². The average molecular weight is 269 g/mol. The molecule has 0 radical (unpaired) electrons. The third kappa shape index (κ3) is 2.75. The summed E-state index contributed by atoms with van der Waals surface area (Å²) in [5.74, 6) is -2.28. The predicted molar refractivity (Wildman–Crippen MR) is 64.2 cm³/mol. The molecule has 1 aromatic rings. The molecule has 7 nitrogen and oxygen atoms in total. The third-order valence-electron chi connectivity index (χ3n) is 2.45. The van der Waals surface area contributed by atoms with Gasteiger partial charge in [0.1, 0.15) is 11.3 Å². The van der Waals surface area contributed by atoms with Gasteiger partial charge in [-0.05, 0) is 13.8 Å². The van der Waals surface area contributed by atoms with Crippen LogP contribution in [0.1, 0.15) is 43.8 Å². The molecule has 0 aliphatic heterocycles. The monoisotopic (exact) mass is 269 g/mol. The molecule has 0 fully saturated rings. The molecule has 0 saturated heterocycles. The van der Waals surface area contributed by atoms with Crippen molar-refractivity contribution in [1.29, 1.82) is 0 Å². The summed E-state index contributed by atoms with van der Waals surface area (Å²) in [6.45, 7) is 3.33. The summed E-state index contributed by atoms with van der Waals surface area (Å²) in [5, 5.41) is 0. The fraction of sp³-hybridized carbons (Fsp3) is 0.417. The van der Waals surface area contributed by atoms with Crippen LogP contribution in [0.4, 0.5) is 0 Å². The first-order chi connectivity index (χ1) is 8.97. The Labute approximate surface area is 109 Å². The molecule has 0 bridgehead atoms. The molecule has 1 N–H and O–H groups in total. The summed E-state index contributed by atoms with van der Waals surface area (Å²) in [6.07, 6.45) is 0. The largest absolute Gasteiger partial charge is 0.465 e. The van der Waals surface area contributed by atoms with Crippen molar-refractivity contribution in [1.82, 2.24) is 4.98 Å². The lowest BCUT2D eigenvalue weighted by Crippen LogP contribution is -2.15. The highest BCUT2D eigenvalue weighted by Gasteiger charge is 2.31. The molecule has 19 heavy (non-hydrogen) atoms. The van der Waals surface area contributed by atoms with E-state index in [0.717, 1.165) is 7.11 Å². The van der Waals surface area contributed by atoms with E-state index < -0.39 is 17.9 Å². The molecule has 0 aliphatic rings. The number of rotatable bonds is 4. The van der Waals surface area contributed by atoms with Crippen molar-refractivity contribution < 1.29 is 28.6 Å². The molecule has 7 heteroatoms. The summed E-state index contributed by atoms with van der Waals surface area (Å²) in [7, 11) is 2.32. The molecule has 104 valence electrons. The summed E-state index contributed by atoms with van der Waals surface area (Å²) in [6, 6.07) is 0. The number of hydrogen-bond donors (Lipinski definition) is 1. The number of aryl methyl sites for hydroxylation is 1. The number of aromatic amines is 1. The molecule has 1 heterocycles. The van der Waals surface area contributed by atoms with Gasteiger partial charge in [0.15, 0.2) is 0 Å². The number of methoxy groups -OCH3 is 2.